The quantitative estimate of drug-likeness (QED) is 0.730. The van der Waals surface area contributed by atoms with E-state index in [-0.39, 0.29) is 0 Å². The summed E-state index contributed by atoms with van der Waals surface area (Å²) in [6.45, 7) is 8.23. The van der Waals surface area contributed by atoms with Crippen molar-refractivity contribution in [2.75, 3.05) is 13.6 Å². The molecule has 1 aliphatic rings. The second kappa shape index (κ2) is 6.02. The van der Waals surface area contributed by atoms with Crippen molar-refractivity contribution >= 4 is 0 Å². The number of hydrogen-bond acceptors (Lipinski definition) is 2. The summed E-state index contributed by atoms with van der Waals surface area (Å²) in [5, 5.41) is 0. The SMILES string of the molecule is CCCCCN(C)C1CC(C)(C)CCC1N. The number of nitrogens with two attached hydrogens (primary N) is 1. The predicted octanol–water partition coefficient (Wildman–Crippen LogP) is 3.01. The Morgan fingerprint density at radius 3 is 2.62 bits per heavy atom. The van der Waals surface area contributed by atoms with E-state index in [9.17, 15) is 0 Å². The molecule has 2 nitrogen and oxygen atoms in total. The van der Waals surface area contributed by atoms with E-state index in [1.54, 1.807) is 0 Å². The van der Waals surface area contributed by atoms with Crippen molar-refractivity contribution in [2.24, 2.45) is 11.1 Å². The highest BCUT2D eigenvalue weighted by Gasteiger charge is 2.34. The Morgan fingerprint density at radius 2 is 2.00 bits per heavy atom. The Kier molecular flexibility index (Phi) is 5.26. The monoisotopic (exact) mass is 226 g/mol. The van der Waals surface area contributed by atoms with Crippen LogP contribution in [0.2, 0.25) is 0 Å². The molecule has 0 aliphatic heterocycles. The molecule has 0 aromatic carbocycles. The summed E-state index contributed by atoms with van der Waals surface area (Å²) in [6, 6.07) is 0.986. The zero-order valence-corrected chi connectivity index (χ0v) is 11.6. The fourth-order valence-corrected chi connectivity index (χ4v) is 2.83. The lowest BCUT2D eigenvalue weighted by Crippen LogP contribution is -2.51. The van der Waals surface area contributed by atoms with Gasteiger partial charge in [-0.1, -0.05) is 33.6 Å². The Hall–Kier alpha value is -0.0800. The average molecular weight is 226 g/mol. The van der Waals surface area contributed by atoms with Gasteiger partial charge in [-0.3, -0.25) is 0 Å². The van der Waals surface area contributed by atoms with Crippen LogP contribution in [0.15, 0.2) is 0 Å². The molecule has 2 N–H and O–H groups in total. The molecule has 0 radical (unpaired) electrons. The van der Waals surface area contributed by atoms with Gasteiger partial charge in [-0.25, -0.2) is 0 Å². The topological polar surface area (TPSA) is 29.3 Å². The van der Waals surface area contributed by atoms with Crippen LogP contribution in [0.4, 0.5) is 0 Å². The second-order valence-corrected chi connectivity index (χ2v) is 6.33. The molecule has 0 spiro atoms. The van der Waals surface area contributed by atoms with Gasteiger partial charge < -0.3 is 10.6 Å². The smallest absolute Gasteiger partial charge is 0.0249 e. The van der Waals surface area contributed by atoms with E-state index in [0.29, 0.717) is 17.5 Å². The molecule has 16 heavy (non-hydrogen) atoms. The molecular formula is C14H30N2. The highest BCUT2D eigenvalue weighted by molar-refractivity contribution is 4.91. The maximum absolute atomic E-state index is 6.26. The molecule has 1 aliphatic carbocycles. The lowest BCUT2D eigenvalue weighted by Gasteiger charge is -2.43. The van der Waals surface area contributed by atoms with Gasteiger partial charge in [0.05, 0.1) is 0 Å². The molecule has 0 amide bonds. The molecule has 1 saturated carbocycles. The van der Waals surface area contributed by atoms with Crippen LogP contribution in [-0.2, 0) is 0 Å². The van der Waals surface area contributed by atoms with Gasteiger partial charge >= 0.3 is 0 Å². The van der Waals surface area contributed by atoms with Crippen LogP contribution in [0.3, 0.4) is 0 Å². The third kappa shape index (κ3) is 4.06. The van der Waals surface area contributed by atoms with Gasteiger partial charge in [0, 0.05) is 12.1 Å². The normalized spacial score (nSPS) is 29.6. The van der Waals surface area contributed by atoms with Crippen molar-refractivity contribution in [3.8, 4) is 0 Å². The number of likely N-dealkylation sites (N-methyl/N-ethyl adjacent to an activating group) is 1. The van der Waals surface area contributed by atoms with Crippen LogP contribution in [0.25, 0.3) is 0 Å². The third-order valence-corrected chi connectivity index (χ3v) is 4.09. The van der Waals surface area contributed by atoms with E-state index in [2.05, 4.69) is 32.7 Å². The highest BCUT2D eigenvalue weighted by Crippen LogP contribution is 2.36. The third-order valence-electron chi connectivity index (χ3n) is 4.09. The maximum atomic E-state index is 6.26. The first kappa shape index (κ1) is 14.0. The highest BCUT2D eigenvalue weighted by atomic mass is 15.1. The van der Waals surface area contributed by atoms with Gasteiger partial charge in [-0.05, 0) is 44.7 Å². The largest absolute Gasteiger partial charge is 0.326 e. The summed E-state index contributed by atoms with van der Waals surface area (Å²) in [6.07, 6.45) is 7.70. The van der Waals surface area contributed by atoms with Crippen molar-refractivity contribution in [1.82, 2.24) is 4.90 Å². The van der Waals surface area contributed by atoms with Crippen LogP contribution in [0.5, 0.6) is 0 Å². The van der Waals surface area contributed by atoms with Crippen LogP contribution >= 0.6 is 0 Å². The Balaban J connectivity index is 2.42. The van der Waals surface area contributed by atoms with Gasteiger partial charge in [-0.2, -0.15) is 0 Å². The predicted molar refractivity (Wildman–Crippen MR) is 71.6 cm³/mol. The Bertz CT molecular complexity index is 201. The minimum atomic E-state index is 0.389. The van der Waals surface area contributed by atoms with Gasteiger partial charge in [0.15, 0.2) is 0 Å². The van der Waals surface area contributed by atoms with Crippen LogP contribution < -0.4 is 5.73 Å². The second-order valence-electron chi connectivity index (χ2n) is 6.33. The molecule has 2 atom stereocenters. The van der Waals surface area contributed by atoms with Crippen molar-refractivity contribution in [3.63, 3.8) is 0 Å². The first-order chi connectivity index (χ1) is 7.46. The molecular weight excluding hydrogens is 196 g/mol. The first-order valence-electron chi connectivity index (χ1n) is 6.92. The minimum absolute atomic E-state index is 0.389. The number of nitrogens with zero attached hydrogens (tertiary/aromatic N) is 1. The van der Waals surface area contributed by atoms with Crippen LogP contribution in [0, 0.1) is 5.41 Å². The van der Waals surface area contributed by atoms with Crippen molar-refractivity contribution in [2.45, 2.75) is 71.4 Å². The zero-order valence-electron chi connectivity index (χ0n) is 11.6. The van der Waals surface area contributed by atoms with E-state index in [1.807, 2.05) is 0 Å². The maximum Gasteiger partial charge on any atom is 0.0249 e. The molecule has 0 saturated heterocycles. The number of rotatable bonds is 5. The molecule has 0 aromatic rings. The fourth-order valence-electron chi connectivity index (χ4n) is 2.83. The summed E-state index contributed by atoms with van der Waals surface area (Å²) in [7, 11) is 2.25. The molecule has 0 aromatic heterocycles. The fraction of sp³-hybridized carbons (Fsp3) is 1.00. The summed E-state index contributed by atoms with van der Waals surface area (Å²) < 4.78 is 0. The lowest BCUT2D eigenvalue weighted by molar-refractivity contribution is 0.0951. The van der Waals surface area contributed by atoms with E-state index in [1.165, 1.54) is 45.1 Å². The van der Waals surface area contributed by atoms with Gasteiger partial charge in [0.25, 0.3) is 0 Å². The summed E-state index contributed by atoms with van der Waals surface area (Å²) in [5.74, 6) is 0. The molecule has 1 rings (SSSR count). The summed E-state index contributed by atoms with van der Waals surface area (Å²) >= 11 is 0. The Morgan fingerprint density at radius 1 is 1.31 bits per heavy atom. The number of hydrogen-bond donors (Lipinski definition) is 1. The summed E-state index contributed by atoms with van der Waals surface area (Å²) in [4.78, 5) is 2.50. The van der Waals surface area contributed by atoms with E-state index in [0.717, 1.165) is 0 Å². The molecule has 0 bridgehead atoms. The van der Waals surface area contributed by atoms with Gasteiger partial charge in [0.2, 0.25) is 0 Å². The number of unbranched alkanes of at least 4 members (excludes halogenated alkanes) is 2. The lowest BCUT2D eigenvalue weighted by atomic mass is 9.72. The first-order valence-corrected chi connectivity index (χ1v) is 6.92. The van der Waals surface area contributed by atoms with Crippen LogP contribution in [-0.4, -0.2) is 30.6 Å². The van der Waals surface area contributed by atoms with Crippen LogP contribution in [0.1, 0.15) is 59.3 Å². The van der Waals surface area contributed by atoms with Gasteiger partial charge in [-0.15, -0.1) is 0 Å². The summed E-state index contributed by atoms with van der Waals surface area (Å²) in [5.41, 5.74) is 6.75. The molecule has 2 unspecified atom stereocenters. The molecule has 2 heteroatoms. The zero-order chi connectivity index (χ0) is 12.2. The van der Waals surface area contributed by atoms with E-state index in [4.69, 9.17) is 5.73 Å². The Labute approximate surface area is 102 Å². The minimum Gasteiger partial charge on any atom is -0.326 e. The standard InChI is InChI=1S/C14H30N2/c1-5-6-7-10-16(4)13-11-14(2,3)9-8-12(13)15/h12-13H,5-11,15H2,1-4H3. The van der Waals surface area contributed by atoms with Gasteiger partial charge in [0.1, 0.15) is 0 Å². The average Bonchev–Trinajstić information content (AvgIpc) is 2.22. The molecule has 1 fully saturated rings. The van der Waals surface area contributed by atoms with E-state index >= 15 is 0 Å². The molecule has 96 valence electrons. The van der Waals surface area contributed by atoms with Crippen molar-refractivity contribution in [1.29, 1.82) is 0 Å². The molecule has 0 heterocycles. The van der Waals surface area contributed by atoms with Crippen molar-refractivity contribution in [3.05, 3.63) is 0 Å². The van der Waals surface area contributed by atoms with Crippen molar-refractivity contribution < 1.29 is 0 Å². The van der Waals surface area contributed by atoms with E-state index < -0.39 is 0 Å².